The Kier molecular flexibility index (Phi) is 3.82. The van der Waals surface area contributed by atoms with Gasteiger partial charge in [-0.15, -0.1) is 4.59 Å². The lowest BCUT2D eigenvalue weighted by Crippen LogP contribution is -2.52. The number of aromatic nitrogens is 1. The highest BCUT2D eigenvalue weighted by Gasteiger charge is 2.44. The number of hydrogen-bond donors (Lipinski definition) is 2. The van der Waals surface area contributed by atoms with Gasteiger partial charge in [0, 0.05) is 29.8 Å². The molecule has 6 heteroatoms. The summed E-state index contributed by atoms with van der Waals surface area (Å²) in [7, 11) is 0. The summed E-state index contributed by atoms with van der Waals surface area (Å²) in [4.78, 5) is 13.2. The minimum absolute atomic E-state index is 0.00994. The number of amidine groups is 1. The lowest BCUT2D eigenvalue weighted by atomic mass is 9.93. The SMILES string of the molecule is N[N+]12C=CN=CC1=C(C1CCNCC1)N=C2C#Cc1cccnc1. The molecule has 0 saturated carbocycles. The second-order valence-corrected chi connectivity index (χ2v) is 6.08. The fourth-order valence-corrected chi connectivity index (χ4v) is 3.21. The van der Waals surface area contributed by atoms with E-state index in [1.165, 1.54) is 0 Å². The summed E-state index contributed by atoms with van der Waals surface area (Å²) in [6.45, 7) is 2.01. The molecule has 0 bridgehead atoms. The molecule has 0 spiro atoms. The number of nitrogens with one attached hydrogen (secondary N) is 1. The summed E-state index contributed by atoms with van der Waals surface area (Å²) in [6, 6.07) is 3.79. The molecular formula is C18H19N6+. The van der Waals surface area contributed by atoms with Gasteiger partial charge in [-0.2, -0.15) is 10.8 Å². The summed E-state index contributed by atoms with van der Waals surface area (Å²) in [5, 5.41) is 3.39. The second kappa shape index (κ2) is 6.13. The summed E-state index contributed by atoms with van der Waals surface area (Å²) in [5.74, 6) is 13.9. The van der Waals surface area contributed by atoms with Crippen molar-refractivity contribution in [1.82, 2.24) is 10.3 Å². The van der Waals surface area contributed by atoms with E-state index in [4.69, 9.17) is 10.8 Å². The molecule has 0 radical (unpaired) electrons. The summed E-state index contributed by atoms with van der Waals surface area (Å²) < 4.78 is 0.00994. The van der Waals surface area contributed by atoms with Crippen LogP contribution in [-0.2, 0) is 0 Å². The van der Waals surface area contributed by atoms with Crippen LogP contribution >= 0.6 is 0 Å². The maximum absolute atomic E-state index is 6.61. The first-order chi connectivity index (χ1) is 11.8. The normalized spacial score (nSPS) is 26.0. The van der Waals surface area contributed by atoms with Crippen molar-refractivity contribution < 1.29 is 4.59 Å². The first-order valence-corrected chi connectivity index (χ1v) is 8.12. The average Bonchev–Trinajstić information content (AvgIpc) is 2.94. The summed E-state index contributed by atoms with van der Waals surface area (Å²) in [5.41, 5.74) is 2.81. The Morgan fingerprint density at radius 1 is 1.25 bits per heavy atom. The highest BCUT2D eigenvalue weighted by atomic mass is 15.6. The van der Waals surface area contributed by atoms with Gasteiger partial charge >= 0.3 is 5.84 Å². The van der Waals surface area contributed by atoms with E-state index in [1.807, 2.05) is 24.5 Å². The van der Waals surface area contributed by atoms with Crippen molar-refractivity contribution in [2.75, 3.05) is 13.1 Å². The number of aliphatic imine (C=N–C) groups is 2. The Bertz CT molecular complexity index is 818. The summed E-state index contributed by atoms with van der Waals surface area (Å²) in [6.07, 6.45) is 10.9. The molecule has 0 aromatic carbocycles. The molecule has 6 nitrogen and oxygen atoms in total. The largest absolute Gasteiger partial charge is 0.317 e. The zero-order valence-electron chi connectivity index (χ0n) is 13.3. The lowest BCUT2D eigenvalue weighted by Gasteiger charge is -2.25. The van der Waals surface area contributed by atoms with Crippen LogP contribution in [0.4, 0.5) is 0 Å². The van der Waals surface area contributed by atoms with Crippen LogP contribution in [0.3, 0.4) is 0 Å². The second-order valence-electron chi connectivity index (χ2n) is 6.08. The summed E-state index contributed by atoms with van der Waals surface area (Å²) >= 11 is 0. The van der Waals surface area contributed by atoms with Crippen LogP contribution in [-0.4, -0.2) is 34.7 Å². The zero-order chi connectivity index (χ0) is 16.4. The van der Waals surface area contributed by atoms with Gasteiger partial charge < -0.3 is 5.32 Å². The zero-order valence-corrected chi connectivity index (χ0v) is 13.3. The molecule has 120 valence electrons. The molecule has 1 saturated heterocycles. The molecule has 3 aliphatic heterocycles. The molecule has 1 fully saturated rings. The molecule has 0 aliphatic carbocycles. The number of quaternary nitrogens is 1. The van der Waals surface area contributed by atoms with Gasteiger partial charge in [0.25, 0.3) is 0 Å². The molecule has 1 atom stereocenters. The van der Waals surface area contributed by atoms with Gasteiger partial charge in [0.05, 0.1) is 12.4 Å². The standard InChI is InChI=1S/C18H19N6/c19-24-11-10-22-13-16(24)18(15-5-8-20-9-6-15)23-17(24)4-3-14-2-1-7-21-12-14/h1-2,7,10-13,15,20H,5-6,8-9,19H2/q+1. The lowest BCUT2D eigenvalue weighted by molar-refractivity contribution is -0.749. The monoisotopic (exact) mass is 319 g/mol. The third-order valence-electron chi connectivity index (χ3n) is 4.53. The van der Waals surface area contributed by atoms with E-state index >= 15 is 0 Å². The molecule has 24 heavy (non-hydrogen) atoms. The van der Waals surface area contributed by atoms with E-state index < -0.39 is 0 Å². The fraction of sp³-hybridized carbons (Fsp3) is 0.278. The minimum atomic E-state index is 0.00994. The van der Waals surface area contributed by atoms with Gasteiger partial charge in [0.1, 0.15) is 11.9 Å². The Labute approximate surface area is 141 Å². The van der Waals surface area contributed by atoms with Crippen molar-refractivity contribution in [3.8, 4) is 11.8 Å². The minimum Gasteiger partial charge on any atom is -0.317 e. The van der Waals surface area contributed by atoms with Crippen LogP contribution in [0.5, 0.6) is 0 Å². The van der Waals surface area contributed by atoms with Crippen molar-refractivity contribution in [3.63, 3.8) is 0 Å². The van der Waals surface area contributed by atoms with Crippen molar-refractivity contribution in [2.24, 2.45) is 21.7 Å². The molecule has 4 heterocycles. The maximum atomic E-state index is 6.61. The molecule has 1 aromatic rings. The number of fused-ring (bicyclic) bond motifs is 1. The number of piperidine rings is 1. The number of pyridine rings is 1. The van der Waals surface area contributed by atoms with E-state index in [1.54, 1.807) is 18.6 Å². The number of nitrogens with two attached hydrogens (primary N) is 1. The Hall–Kier alpha value is -2.59. The molecule has 3 aliphatic rings. The molecule has 0 amide bonds. The molecule has 4 rings (SSSR count). The smallest absolute Gasteiger partial charge is 0.311 e. The Morgan fingerprint density at radius 3 is 2.92 bits per heavy atom. The van der Waals surface area contributed by atoms with Gasteiger partial charge in [0.2, 0.25) is 5.70 Å². The molecule has 1 unspecified atom stereocenters. The van der Waals surface area contributed by atoms with Gasteiger partial charge in [-0.1, -0.05) is 5.92 Å². The average molecular weight is 319 g/mol. The van der Waals surface area contributed by atoms with Crippen molar-refractivity contribution in [3.05, 3.63) is 53.9 Å². The highest BCUT2D eigenvalue weighted by molar-refractivity contribution is 6.00. The van der Waals surface area contributed by atoms with E-state index in [0.717, 1.165) is 42.9 Å². The quantitative estimate of drug-likeness (QED) is 0.465. The van der Waals surface area contributed by atoms with Gasteiger partial charge in [-0.05, 0) is 38.1 Å². The van der Waals surface area contributed by atoms with Crippen LogP contribution < -0.4 is 11.2 Å². The van der Waals surface area contributed by atoms with Crippen LogP contribution in [0.15, 0.2) is 58.3 Å². The molecule has 3 N–H and O–H groups in total. The van der Waals surface area contributed by atoms with E-state index in [2.05, 4.69) is 27.1 Å². The van der Waals surface area contributed by atoms with Crippen molar-refractivity contribution in [1.29, 1.82) is 0 Å². The van der Waals surface area contributed by atoms with Crippen LogP contribution in [0.2, 0.25) is 0 Å². The van der Waals surface area contributed by atoms with Crippen LogP contribution in [0.25, 0.3) is 0 Å². The third-order valence-corrected chi connectivity index (χ3v) is 4.53. The molecule has 1 aromatic heterocycles. The van der Waals surface area contributed by atoms with E-state index in [0.29, 0.717) is 11.8 Å². The first kappa shape index (κ1) is 15.0. The molecular weight excluding hydrogens is 300 g/mol. The number of nitrogens with zero attached hydrogens (tertiary/aromatic N) is 4. The number of hydrogen-bond acceptors (Lipinski definition) is 5. The van der Waals surface area contributed by atoms with Gasteiger partial charge in [-0.25, -0.2) is 0 Å². The van der Waals surface area contributed by atoms with Crippen molar-refractivity contribution in [2.45, 2.75) is 12.8 Å². The fourth-order valence-electron chi connectivity index (χ4n) is 3.21. The topological polar surface area (TPSA) is 75.7 Å². The third kappa shape index (κ3) is 2.59. The first-order valence-electron chi connectivity index (χ1n) is 8.12. The number of rotatable bonds is 1. The Balaban J connectivity index is 1.72. The predicted octanol–water partition coefficient (Wildman–Crippen LogP) is 1.30. The van der Waals surface area contributed by atoms with E-state index in [9.17, 15) is 0 Å². The van der Waals surface area contributed by atoms with Gasteiger partial charge in [-0.3, -0.25) is 9.98 Å². The maximum Gasteiger partial charge on any atom is 0.311 e. The van der Waals surface area contributed by atoms with Crippen molar-refractivity contribution >= 4 is 12.1 Å². The van der Waals surface area contributed by atoms with Gasteiger partial charge in [0.15, 0.2) is 0 Å². The predicted molar refractivity (Wildman–Crippen MR) is 93.2 cm³/mol. The van der Waals surface area contributed by atoms with Crippen LogP contribution in [0, 0.1) is 17.8 Å². The number of allylic oxidation sites excluding steroid dienone is 2. The Morgan fingerprint density at radius 2 is 2.12 bits per heavy atom. The van der Waals surface area contributed by atoms with Crippen LogP contribution in [0.1, 0.15) is 18.4 Å². The van der Waals surface area contributed by atoms with E-state index in [-0.39, 0.29) is 4.59 Å². The highest BCUT2D eigenvalue weighted by Crippen LogP contribution is 2.35.